The topological polar surface area (TPSA) is 84.9 Å². The van der Waals surface area contributed by atoms with E-state index in [1.807, 2.05) is 6.92 Å². The fourth-order valence-corrected chi connectivity index (χ4v) is 1.42. The van der Waals surface area contributed by atoms with Crippen molar-refractivity contribution in [2.75, 3.05) is 19.8 Å². The monoisotopic (exact) mass is 231 g/mol. The van der Waals surface area contributed by atoms with E-state index in [0.717, 1.165) is 12.8 Å². The Morgan fingerprint density at radius 3 is 2.94 bits per heavy atom. The van der Waals surface area contributed by atoms with Crippen LogP contribution in [0.15, 0.2) is 0 Å². The fraction of sp³-hybridized carbons (Fsp3) is 0.800. The number of unbranched alkanes of at least 4 members (excludes halogenated alkanes) is 1. The van der Waals surface area contributed by atoms with Crippen LogP contribution in [0.25, 0.3) is 0 Å². The molecule has 0 aromatic rings. The Morgan fingerprint density at radius 2 is 2.31 bits per heavy atom. The number of rotatable bonds is 5. The van der Waals surface area contributed by atoms with E-state index in [1.165, 1.54) is 0 Å². The van der Waals surface area contributed by atoms with Gasteiger partial charge in [0.15, 0.2) is 6.10 Å². The first-order valence-corrected chi connectivity index (χ1v) is 5.41. The summed E-state index contributed by atoms with van der Waals surface area (Å²) in [6.07, 6.45) is 0.645. The van der Waals surface area contributed by atoms with E-state index in [1.54, 1.807) is 0 Å². The van der Waals surface area contributed by atoms with Crippen molar-refractivity contribution < 1.29 is 24.2 Å². The van der Waals surface area contributed by atoms with Crippen LogP contribution in [0.5, 0.6) is 0 Å². The highest BCUT2D eigenvalue weighted by atomic mass is 16.6. The molecular formula is C10H17NO5. The van der Waals surface area contributed by atoms with E-state index >= 15 is 0 Å². The number of carbonyl (C=O) groups excluding carboxylic acids is 1. The molecule has 1 fully saturated rings. The zero-order valence-electron chi connectivity index (χ0n) is 9.27. The molecule has 0 saturated carbocycles. The first-order valence-electron chi connectivity index (χ1n) is 5.41. The average molecular weight is 231 g/mol. The summed E-state index contributed by atoms with van der Waals surface area (Å²) in [7, 11) is 0. The second-order valence-corrected chi connectivity index (χ2v) is 3.58. The Balaban J connectivity index is 2.47. The van der Waals surface area contributed by atoms with E-state index in [2.05, 4.69) is 5.32 Å². The summed E-state index contributed by atoms with van der Waals surface area (Å²) >= 11 is 0. The van der Waals surface area contributed by atoms with Crippen LogP contribution in [-0.4, -0.2) is 48.9 Å². The smallest absolute Gasteiger partial charge is 0.337 e. The van der Waals surface area contributed by atoms with E-state index < -0.39 is 24.1 Å². The van der Waals surface area contributed by atoms with Crippen molar-refractivity contribution in [2.45, 2.75) is 31.9 Å². The van der Waals surface area contributed by atoms with Crippen LogP contribution < -0.4 is 5.32 Å². The summed E-state index contributed by atoms with van der Waals surface area (Å²) < 4.78 is 10.1. The van der Waals surface area contributed by atoms with Gasteiger partial charge in [0.2, 0.25) is 0 Å². The molecule has 1 aliphatic heterocycles. The molecule has 2 unspecified atom stereocenters. The molecule has 0 aromatic carbocycles. The van der Waals surface area contributed by atoms with Gasteiger partial charge in [0.05, 0.1) is 13.2 Å². The van der Waals surface area contributed by atoms with E-state index in [0.29, 0.717) is 19.8 Å². The summed E-state index contributed by atoms with van der Waals surface area (Å²) in [4.78, 5) is 22.4. The van der Waals surface area contributed by atoms with Crippen molar-refractivity contribution in [2.24, 2.45) is 0 Å². The van der Waals surface area contributed by atoms with Crippen molar-refractivity contribution in [3.8, 4) is 0 Å². The molecule has 2 atom stereocenters. The Labute approximate surface area is 93.9 Å². The normalized spacial score (nSPS) is 25.1. The molecular weight excluding hydrogens is 214 g/mol. The molecule has 0 spiro atoms. The number of esters is 1. The molecule has 1 aliphatic rings. The van der Waals surface area contributed by atoms with E-state index in [9.17, 15) is 9.59 Å². The maximum atomic E-state index is 11.5. The van der Waals surface area contributed by atoms with Crippen LogP contribution in [0.1, 0.15) is 19.8 Å². The lowest BCUT2D eigenvalue weighted by molar-refractivity contribution is -0.168. The van der Waals surface area contributed by atoms with Crippen molar-refractivity contribution in [1.82, 2.24) is 5.32 Å². The first kappa shape index (κ1) is 12.9. The van der Waals surface area contributed by atoms with Crippen LogP contribution in [0.3, 0.4) is 0 Å². The van der Waals surface area contributed by atoms with Gasteiger partial charge in [-0.1, -0.05) is 13.3 Å². The molecule has 1 heterocycles. The van der Waals surface area contributed by atoms with Gasteiger partial charge in [-0.2, -0.15) is 0 Å². The standard InChI is InChI=1S/C10H17NO5/c1-2-3-5-16-10(14)8-7(9(12)13)11-4-6-15-8/h7-8,11H,2-6H2,1H3,(H,12,13). The number of morpholine rings is 1. The highest BCUT2D eigenvalue weighted by Crippen LogP contribution is 2.08. The lowest BCUT2D eigenvalue weighted by Gasteiger charge is -2.28. The predicted molar refractivity (Wildman–Crippen MR) is 55.0 cm³/mol. The molecule has 92 valence electrons. The van der Waals surface area contributed by atoms with Gasteiger partial charge in [-0.3, -0.25) is 10.1 Å². The second kappa shape index (κ2) is 6.44. The number of carboxylic acids is 1. The summed E-state index contributed by atoms with van der Waals surface area (Å²) in [6, 6.07) is -1.01. The van der Waals surface area contributed by atoms with Crippen molar-refractivity contribution >= 4 is 11.9 Å². The third-order valence-corrected chi connectivity index (χ3v) is 2.31. The molecule has 0 aliphatic carbocycles. The van der Waals surface area contributed by atoms with Crippen molar-refractivity contribution in [3.05, 3.63) is 0 Å². The summed E-state index contributed by atoms with van der Waals surface area (Å²) in [6.45, 7) is 3.03. The largest absolute Gasteiger partial charge is 0.480 e. The van der Waals surface area contributed by atoms with Crippen LogP contribution in [0.4, 0.5) is 0 Å². The van der Waals surface area contributed by atoms with Gasteiger partial charge >= 0.3 is 11.9 Å². The predicted octanol–water partition coefficient (Wildman–Crippen LogP) is -0.229. The minimum atomic E-state index is -1.10. The quantitative estimate of drug-likeness (QED) is 0.502. The second-order valence-electron chi connectivity index (χ2n) is 3.58. The third-order valence-electron chi connectivity index (χ3n) is 2.31. The lowest BCUT2D eigenvalue weighted by Crippen LogP contribution is -2.56. The molecule has 16 heavy (non-hydrogen) atoms. The van der Waals surface area contributed by atoms with Gasteiger partial charge in [0, 0.05) is 6.54 Å². The van der Waals surface area contributed by atoms with E-state index in [4.69, 9.17) is 14.6 Å². The Morgan fingerprint density at radius 1 is 1.56 bits per heavy atom. The number of carbonyl (C=O) groups is 2. The highest BCUT2D eigenvalue weighted by Gasteiger charge is 2.37. The van der Waals surface area contributed by atoms with Crippen LogP contribution in [0, 0.1) is 0 Å². The minimum absolute atomic E-state index is 0.307. The summed E-state index contributed by atoms with van der Waals surface area (Å²) in [5.41, 5.74) is 0. The maximum Gasteiger partial charge on any atom is 0.337 e. The molecule has 1 rings (SSSR count). The van der Waals surface area contributed by atoms with Gasteiger partial charge < -0.3 is 14.6 Å². The van der Waals surface area contributed by atoms with Crippen molar-refractivity contribution in [1.29, 1.82) is 0 Å². The van der Waals surface area contributed by atoms with E-state index in [-0.39, 0.29) is 0 Å². The van der Waals surface area contributed by atoms with Crippen molar-refractivity contribution in [3.63, 3.8) is 0 Å². The molecule has 2 N–H and O–H groups in total. The summed E-state index contributed by atoms with van der Waals surface area (Å²) in [5.74, 6) is -1.70. The zero-order valence-corrected chi connectivity index (χ0v) is 9.27. The summed E-state index contributed by atoms with van der Waals surface area (Å²) in [5, 5.41) is 11.6. The number of carboxylic acid groups (broad SMARTS) is 1. The number of hydrogen-bond donors (Lipinski definition) is 2. The molecule has 0 bridgehead atoms. The van der Waals surface area contributed by atoms with Gasteiger partial charge in [-0.25, -0.2) is 4.79 Å². The SMILES string of the molecule is CCCCOC(=O)C1OCCNC1C(=O)O. The fourth-order valence-electron chi connectivity index (χ4n) is 1.42. The van der Waals surface area contributed by atoms with Crippen LogP contribution in [0.2, 0.25) is 0 Å². The Hall–Kier alpha value is -1.14. The Kier molecular flexibility index (Phi) is 5.21. The van der Waals surface area contributed by atoms with Gasteiger partial charge in [0.25, 0.3) is 0 Å². The van der Waals surface area contributed by atoms with Gasteiger partial charge in [0.1, 0.15) is 6.04 Å². The minimum Gasteiger partial charge on any atom is -0.480 e. The van der Waals surface area contributed by atoms with Gasteiger partial charge in [-0.15, -0.1) is 0 Å². The molecule has 0 radical (unpaired) electrons. The molecule has 1 saturated heterocycles. The van der Waals surface area contributed by atoms with Gasteiger partial charge in [-0.05, 0) is 6.42 Å². The third kappa shape index (κ3) is 3.46. The maximum absolute atomic E-state index is 11.5. The molecule has 0 aromatic heterocycles. The number of hydrogen-bond acceptors (Lipinski definition) is 5. The number of aliphatic carboxylic acids is 1. The molecule has 6 heteroatoms. The molecule has 6 nitrogen and oxygen atoms in total. The Bertz CT molecular complexity index is 256. The van der Waals surface area contributed by atoms with Crippen LogP contribution in [-0.2, 0) is 19.1 Å². The average Bonchev–Trinajstić information content (AvgIpc) is 2.29. The lowest BCUT2D eigenvalue weighted by atomic mass is 10.1. The van der Waals surface area contributed by atoms with Crippen LogP contribution >= 0.6 is 0 Å². The molecule has 0 amide bonds. The first-order chi connectivity index (χ1) is 7.66. The number of nitrogens with one attached hydrogen (secondary N) is 1. The zero-order chi connectivity index (χ0) is 12.0. The number of ether oxygens (including phenoxy) is 2. The highest BCUT2D eigenvalue weighted by molar-refractivity contribution is 5.85.